The van der Waals surface area contributed by atoms with Gasteiger partial charge in [-0.1, -0.05) is 6.07 Å². The van der Waals surface area contributed by atoms with Gasteiger partial charge in [0.15, 0.2) is 11.5 Å². The maximum Gasteiger partial charge on any atom is 0.231 e. The third-order valence-corrected chi connectivity index (χ3v) is 4.13. The van der Waals surface area contributed by atoms with Crippen molar-refractivity contribution >= 4 is 11.7 Å². The molecule has 1 aromatic carbocycles. The number of nitrogens with zero attached hydrogens (tertiary/aromatic N) is 2. The van der Waals surface area contributed by atoms with Crippen LogP contribution in [-0.4, -0.2) is 22.5 Å². The van der Waals surface area contributed by atoms with Gasteiger partial charge in [0, 0.05) is 23.9 Å². The second-order valence-electron chi connectivity index (χ2n) is 5.90. The summed E-state index contributed by atoms with van der Waals surface area (Å²) < 4.78 is 12.6. The molecular weight excluding hydrogens is 282 g/mol. The van der Waals surface area contributed by atoms with Gasteiger partial charge in [0.25, 0.3) is 0 Å². The molecule has 2 aliphatic heterocycles. The second kappa shape index (κ2) is 4.76. The van der Waals surface area contributed by atoms with E-state index in [1.54, 1.807) is 0 Å². The molecule has 0 aliphatic carbocycles. The van der Waals surface area contributed by atoms with Gasteiger partial charge in [-0.25, -0.2) is 4.68 Å². The van der Waals surface area contributed by atoms with Crippen molar-refractivity contribution in [3.05, 3.63) is 35.5 Å². The number of hydrogen-bond acceptors (Lipinski definition) is 4. The normalized spacial score (nSPS) is 19.2. The Bertz CT molecular complexity index is 751. The molecule has 1 aromatic heterocycles. The summed E-state index contributed by atoms with van der Waals surface area (Å²) >= 11 is 0. The van der Waals surface area contributed by atoms with Crippen LogP contribution >= 0.6 is 0 Å². The zero-order valence-electron chi connectivity index (χ0n) is 12.5. The maximum absolute atomic E-state index is 12.1. The van der Waals surface area contributed by atoms with E-state index in [-0.39, 0.29) is 24.7 Å². The molecule has 3 heterocycles. The highest BCUT2D eigenvalue weighted by Gasteiger charge is 2.31. The first kappa shape index (κ1) is 13.2. The monoisotopic (exact) mass is 299 g/mol. The van der Waals surface area contributed by atoms with Gasteiger partial charge in [-0.3, -0.25) is 4.79 Å². The molecule has 0 spiro atoms. The number of ether oxygens (including phenoxy) is 2. The van der Waals surface area contributed by atoms with Crippen LogP contribution < -0.4 is 14.8 Å². The van der Waals surface area contributed by atoms with Crippen LogP contribution in [0.4, 0.5) is 5.82 Å². The molecule has 2 aliphatic rings. The van der Waals surface area contributed by atoms with Crippen LogP contribution in [0, 0.1) is 0 Å². The van der Waals surface area contributed by atoms with Crippen LogP contribution in [0.15, 0.2) is 24.4 Å². The van der Waals surface area contributed by atoms with Crippen molar-refractivity contribution in [2.24, 2.45) is 0 Å². The van der Waals surface area contributed by atoms with E-state index in [1.165, 1.54) is 0 Å². The molecule has 6 nitrogen and oxygen atoms in total. The molecule has 0 radical (unpaired) electrons. The highest BCUT2D eigenvalue weighted by molar-refractivity contribution is 5.94. The Balaban J connectivity index is 1.79. The maximum atomic E-state index is 12.1. The summed E-state index contributed by atoms with van der Waals surface area (Å²) in [7, 11) is 0. The molecule has 6 heteroatoms. The number of rotatable bonds is 2. The van der Waals surface area contributed by atoms with Gasteiger partial charge >= 0.3 is 0 Å². The summed E-state index contributed by atoms with van der Waals surface area (Å²) in [5.41, 5.74) is 2.09. The molecule has 0 saturated carbocycles. The number of carbonyl (C=O) groups excluding carboxylic acids is 1. The van der Waals surface area contributed by atoms with Gasteiger partial charge < -0.3 is 14.8 Å². The summed E-state index contributed by atoms with van der Waals surface area (Å²) in [6.07, 6.45) is 2.26. The predicted molar refractivity (Wildman–Crippen MR) is 80.3 cm³/mol. The lowest BCUT2D eigenvalue weighted by molar-refractivity contribution is -0.116. The Morgan fingerprint density at radius 3 is 2.95 bits per heavy atom. The topological polar surface area (TPSA) is 65.4 Å². The van der Waals surface area contributed by atoms with Crippen LogP contribution in [0.5, 0.6) is 11.5 Å². The number of benzene rings is 1. The lowest BCUT2D eigenvalue weighted by Crippen LogP contribution is -2.25. The number of fused-ring (bicyclic) bond motifs is 2. The average molecular weight is 299 g/mol. The number of hydrogen-bond donors (Lipinski definition) is 1. The molecular formula is C16H17N3O3. The highest BCUT2D eigenvalue weighted by Crippen LogP contribution is 2.41. The first-order chi connectivity index (χ1) is 10.6. The second-order valence-corrected chi connectivity index (χ2v) is 5.90. The van der Waals surface area contributed by atoms with E-state index in [4.69, 9.17) is 9.47 Å². The van der Waals surface area contributed by atoms with Crippen molar-refractivity contribution in [1.29, 1.82) is 0 Å². The Kier molecular flexibility index (Phi) is 2.85. The molecule has 1 atom stereocenters. The van der Waals surface area contributed by atoms with E-state index in [2.05, 4.69) is 10.4 Å². The van der Waals surface area contributed by atoms with Gasteiger partial charge in [-0.05, 0) is 31.5 Å². The van der Waals surface area contributed by atoms with E-state index < -0.39 is 0 Å². The third kappa shape index (κ3) is 1.94. The minimum Gasteiger partial charge on any atom is -0.454 e. The van der Waals surface area contributed by atoms with E-state index in [1.807, 2.05) is 42.9 Å². The largest absolute Gasteiger partial charge is 0.454 e. The van der Waals surface area contributed by atoms with Gasteiger partial charge in [-0.2, -0.15) is 5.10 Å². The summed E-state index contributed by atoms with van der Waals surface area (Å²) in [4.78, 5) is 12.1. The average Bonchev–Trinajstić information content (AvgIpc) is 3.11. The number of nitrogens with one attached hydrogen (secondary N) is 1. The summed E-state index contributed by atoms with van der Waals surface area (Å²) in [6, 6.07) is 6.05. The number of aromatic nitrogens is 2. The fourth-order valence-electron chi connectivity index (χ4n) is 3.06. The lowest BCUT2D eigenvalue weighted by Gasteiger charge is -2.24. The molecule has 1 N–H and O–H groups in total. The van der Waals surface area contributed by atoms with Crippen molar-refractivity contribution in [2.45, 2.75) is 32.2 Å². The van der Waals surface area contributed by atoms with E-state index in [9.17, 15) is 4.79 Å². The van der Waals surface area contributed by atoms with Gasteiger partial charge in [-0.15, -0.1) is 0 Å². The first-order valence-electron chi connectivity index (χ1n) is 7.40. The predicted octanol–water partition coefficient (Wildman–Crippen LogP) is 2.67. The highest BCUT2D eigenvalue weighted by atomic mass is 16.7. The van der Waals surface area contributed by atoms with E-state index >= 15 is 0 Å². The fourth-order valence-corrected chi connectivity index (χ4v) is 3.06. The van der Waals surface area contributed by atoms with Crippen LogP contribution in [0.25, 0.3) is 0 Å². The Labute approximate surface area is 128 Å². The minimum atomic E-state index is -0.00856. The zero-order chi connectivity index (χ0) is 15.3. The standard InChI is InChI=1S/C16H17N3O3/c1-9(2)19-16-12(7-17-19)11(6-15(20)18-16)10-3-4-13-14(5-10)22-8-21-13/h3-5,7,9,11H,6,8H2,1-2H3,(H,18,20)/t11-/m1/s1. The molecule has 2 aromatic rings. The SMILES string of the molecule is CC(C)n1ncc2c1NC(=O)C[C@@H]2c1ccc2c(c1)OCO2. The molecule has 1 amide bonds. The quantitative estimate of drug-likeness (QED) is 0.926. The third-order valence-electron chi connectivity index (χ3n) is 4.13. The molecule has 0 fully saturated rings. The molecule has 22 heavy (non-hydrogen) atoms. The summed E-state index contributed by atoms with van der Waals surface area (Å²) in [5, 5.41) is 7.37. The van der Waals surface area contributed by atoms with Crippen molar-refractivity contribution in [3.63, 3.8) is 0 Å². The number of anilines is 1. The van der Waals surface area contributed by atoms with E-state index in [0.29, 0.717) is 6.42 Å². The first-order valence-corrected chi connectivity index (χ1v) is 7.40. The molecule has 4 rings (SSSR count). The molecule has 0 saturated heterocycles. The van der Waals surface area contributed by atoms with Crippen LogP contribution in [0.3, 0.4) is 0 Å². The summed E-state index contributed by atoms with van der Waals surface area (Å²) in [6.45, 7) is 4.34. The van der Waals surface area contributed by atoms with Crippen molar-refractivity contribution < 1.29 is 14.3 Å². The van der Waals surface area contributed by atoms with Gasteiger partial charge in [0.1, 0.15) is 5.82 Å². The Morgan fingerprint density at radius 2 is 2.14 bits per heavy atom. The van der Waals surface area contributed by atoms with Crippen LogP contribution in [0.1, 0.15) is 43.4 Å². The minimum absolute atomic E-state index is 0.00856. The fraction of sp³-hybridized carbons (Fsp3) is 0.375. The Hall–Kier alpha value is -2.50. The lowest BCUT2D eigenvalue weighted by atomic mass is 9.87. The van der Waals surface area contributed by atoms with E-state index in [0.717, 1.165) is 28.4 Å². The summed E-state index contributed by atoms with van der Waals surface area (Å²) in [5.74, 6) is 2.29. The van der Waals surface area contributed by atoms with Crippen molar-refractivity contribution in [1.82, 2.24) is 9.78 Å². The van der Waals surface area contributed by atoms with Crippen LogP contribution in [0.2, 0.25) is 0 Å². The smallest absolute Gasteiger partial charge is 0.231 e. The molecule has 114 valence electrons. The van der Waals surface area contributed by atoms with Crippen LogP contribution in [-0.2, 0) is 4.79 Å². The van der Waals surface area contributed by atoms with Gasteiger partial charge in [0.2, 0.25) is 12.7 Å². The molecule has 0 unspecified atom stereocenters. The zero-order valence-corrected chi connectivity index (χ0v) is 12.5. The van der Waals surface area contributed by atoms with Gasteiger partial charge in [0.05, 0.1) is 6.20 Å². The molecule has 0 bridgehead atoms. The number of carbonyl (C=O) groups is 1. The Morgan fingerprint density at radius 1 is 1.32 bits per heavy atom. The van der Waals surface area contributed by atoms with Crippen molar-refractivity contribution in [2.75, 3.05) is 12.1 Å². The number of amides is 1. The van der Waals surface area contributed by atoms with Crippen molar-refractivity contribution in [3.8, 4) is 11.5 Å².